The van der Waals surface area contributed by atoms with Crippen LogP contribution in [0.4, 0.5) is 34.1 Å². The summed E-state index contributed by atoms with van der Waals surface area (Å²) in [5, 5.41) is 0. The van der Waals surface area contributed by atoms with Crippen LogP contribution in [0.2, 0.25) is 0 Å². The zero-order valence-electron chi connectivity index (χ0n) is 44.6. The highest BCUT2D eigenvalue weighted by Gasteiger charge is 2.62. The van der Waals surface area contributed by atoms with Crippen LogP contribution in [0.15, 0.2) is 133 Å². The molecule has 70 heavy (non-hydrogen) atoms. The molecule has 1 saturated carbocycles. The van der Waals surface area contributed by atoms with Gasteiger partial charge in [0, 0.05) is 45.5 Å². The van der Waals surface area contributed by atoms with Gasteiger partial charge >= 0.3 is 0 Å². The van der Waals surface area contributed by atoms with Crippen molar-refractivity contribution in [3.05, 3.63) is 184 Å². The van der Waals surface area contributed by atoms with Crippen molar-refractivity contribution in [2.75, 3.05) is 9.80 Å². The third-order valence-corrected chi connectivity index (χ3v) is 18.6. The van der Waals surface area contributed by atoms with Crippen molar-refractivity contribution in [1.82, 2.24) is 0 Å². The largest absolute Gasteiger partial charge is 0.311 e. The molecule has 1 fully saturated rings. The summed E-state index contributed by atoms with van der Waals surface area (Å²) in [6.07, 6.45) is 5.11. The lowest BCUT2D eigenvalue weighted by molar-refractivity contribution is 0.0925. The lowest BCUT2D eigenvalue weighted by Crippen LogP contribution is -2.62. The molecule has 7 aromatic carbocycles. The summed E-state index contributed by atoms with van der Waals surface area (Å²) in [7, 11) is 0. The van der Waals surface area contributed by atoms with Crippen molar-refractivity contribution in [1.29, 1.82) is 0 Å². The maximum absolute atomic E-state index is 2.69. The molecule has 0 radical (unpaired) electrons. The van der Waals surface area contributed by atoms with Gasteiger partial charge in [0.15, 0.2) is 0 Å². The average Bonchev–Trinajstić information content (AvgIpc) is 3.67. The van der Waals surface area contributed by atoms with E-state index < -0.39 is 0 Å². The monoisotopic (exact) mass is 917 g/mol. The van der Waals surface area contributed by atoms with Crippen molar-refractivity contribution in [3.63, 3.8) is 0 Å². The van der Waals surface area contributed by atoms with E-state index in [4.69, 9.17) is 0 Å². The Hall–Kier alpha value is -5.80. The summed E-state index contributed by atoms with van der Waals surface area (Å²) in [5.41, 5.74) is 27.9. The van der Waals surface area contributed by atoms with E-state index in [0.29, 0.717) is 5.92 Å². The number of nitrogens with zero attached hydrogens (tertiary/aromatic N) is 2. The van der Waals surface area contributed by atoms with Gasteiger partial charge in [0.1, 0.15) is 0 Å². The second kappa shape index (κ2) is 14.9. The SMILES string of the molecule is Cc1cc2c3c(c1)N(c1ccc4c(c1)-c1ccccc1C4(C)C)c1cc(N(c4ccc(C(C)(C)C)cc4)c4ccc(C(C)(C)C)cc4)ccc1B3c1cc(C(C)(C)C)cc3c1C2C1(C)CCCCC31C. The maximum atomic E-state index is 2.69. The lowest BCUT2D eigenvalue weighted by Gasteiger charge is -2.51. The van der Waals surface area contributed by atoms with E-state index in [1.165, 1.54) is 98.2 Å². The topological polar surface area (TPSA) is 6.48 Å². The Morgan fingerprint density at radius 1 is 0.529 bits per heavy atom. The van der Waals surface area contributed by atoms with Crippen LogP contribution in [0.3, 0.4) is 0 Å². The number of benzene rings is 7. The third-order valence-electron chi connectivity index (χ3n) is 18.6. The van der Waals surface area contributed by atoms with Gasteiger partial charge in [-0.3, -0.25) is 0 Å². The predicted octanol–water partition coefficient (Wildman–Crippen LogP) is 16.3. The molecule has 2 heterocycles. The van der Waals surface area contributed by atoms with Gasteiger partial charge in [-0.05, 0) is 174 Å². The van der Waals surface area contributed by atoms with Crippen LogP contribution in [0.1, 0.15) is 172 Å². The second-order valence-electron chi connectivity index (χ2n) is 26.3. The minimum Gasteiger partial charge on any atom is -0.311 e. The summed E-state index contributed by atoms with van der Waals surface area (Å²) in [6.45, 7) is 33.7. The summed E-state index contributed by atoms with van der Waals surface area (Å²) in [6, 6.07) is 53.2. The highest BCUT2D eigenvalue weighted by molar-refractivity contribution is 6.99. The molecule has 3 unspecified atom stereocenters. The van der Waals surface area contributed by atoms with Crippen molar-refractivity contribution in [2.45, 2.75) is 156 Å². The predicted molar refractivity (Wildman–Crippen MR) is 301 cm³/mol. The number of hydrogen-bond donors (Lipinski definition) is 0. The molecule has 354 valence electrons. The van der Waals surface area contributed by atoms with Gasteiger partial charge in [0.25, 0.3) is 0 Å². The molecule has 12 rings (SSSR count). The van der Waals surface area contributed by atoms with Crippen LogP contribution in [-0.2, 0) is 27.1 Å². The fraction of sp³-hybridized carbons (Fsp3) is 0.373. The van der Waals surface area contributed by atoms with Gasteiger partial charge in [0.05, 0.1) is 0 Å². The minimum atomic E-state index is -0.0760. The van der Waals surface area contributed by atoms with Crippen LogP contribution in [0.25, 0.3) is 11.1 Å². The van der Waals surface area contributed by atoms with E-state index in [9.17, 15) is 0 Å². The van der Waals surface area contributed by atoms with Gasteiger partial charge in [-0.1, -0.05) is 187 Å². The summed E-state index contributed by atoms with van der Waals surface area (Å²) < 4.78 is 0. The normalized spacial score (nSPS) is 21.4. The van der Waals surface area contributed by atoms with E-state index in [-0.39, 0.29) is 39.2 Å². The Morgan fingerprint density at radius 3 is 1.77 bits per heavy atom. The Morgan fingerprint density at radius 2 is 1.13 bits per heavy atom. The van der Waals surface area contributed by atoms with Crippen LogP contribution in [0.5, 0.6) is 0 Å². The fourth-order valence-corrected chi connectivity index (χ4v) is 14.4. The molecule has 3 heteroatoms. The molecule has 0 spiro atoms. The number of rotatable bonds is 4. The quantitative estimate of drug-likeness (QED) is 0.162. The molecule has 3 aliphatic carbocycles. The second-order valence-corrected chi connectivity index (χ2v) is 26.3. The highest BCUT2D eigenvalue weighted by atomic mass is 15.2. The number of anilines is 6. The zero-order valence-corrected chi connectivity index (χ0v) is 44.6. The van der Waals surface area contributed by atoms with Crippen LogP contribution < -0.4 is 26.2 Å². The summed E-state index contributed by atoms with van der Waals surface area (Å²) >= 11 is 0. The molecule has 3 atom stereocenters. The molecule has 7 aromatic rings. The fourth-order valence-electron chi connectivity index (χ4n) is 14.4. The molecule has 0 N–H and O–H groups in total. The zero-order chi connectivity index (χ0) is 49.2. The summed E-state index contributed by atoms with van der Waals surface area (Å²) in [4.78, 5) is 5.19. The molecule has 0 saturated heterocycles. The molecule has 0 amide bonds. The van der Waals surface area contributed by atoms with Crippen molar-refractivity contribution in [2.24, 2.45) is 5.41 Å². The summed E-state index contributed by atoms with van der Waals surface area (Å²) in [5.74, 6) is 0.347. The standard InChI is InChI=1S/C67H73BN2/c1-41-35-51-60-59-54(66(13)33-17-18-34-67(60,66)14)37-44(64(8,9)10)38-56(59)68-55-32-30-48(69(45-25-21-42(22-26-45)62(2,3)4)46-27-23-43(24-28-46)63(5,6)7)40-57(55)70(58(36-41)61(51)68)47-29-31-53-50(39-47)49-19-15-16-20-52(49)65(53,11)12/h15-16,19-32,35-40,60H,17-18,33-34H2,1-14H3. The minimum absolute atomic E-state index is 0.00881. The van der Waals surface area contributed by atoms with Crippen molar-refractivity contribution >= 4 is 57.2 Å². The molecule has 0 aromatic heterocycles. The molecular weight excluding hydrogens is 844 g/mol. The smallest absolute Gasteiger partial charge is 0.247 e. The Bertz CT molecular complexity index is 3240. The number of fused-ring (bicyclic) bond motifs is 10. The van der Waals surface area contributed by atoms with Gasteiger partial charge in [-0.25, -0.2) is 0 Å². The van der Waals surface area contributed by atoms with Gasteiger partial charge in [-0.15, -0.1) is 0 Å². The third kappa shape index (κ3) is 6.37. The van der Waals surface area contributed by atoms with E-state index in [1.807, 2.05) is 0 Å². The first-order valence-electron chi connectivity index (χ1n) is 26.5. The first-order valence-corrected chi connectivity index (χ1v) is 26.5. The van der Waals surface area contributed by atoms with Crippen LogP contribution in [-0.4, -0.2) is 6.71 Å². The van der Waals surface area contributed by atoms with Crippen molar-refractivity contribution < 1.29 is 0 Å². The molecule has 5 aliphatic rings. The van der Waals surface area contributed by atoms with E-state index in [0.717, 1.165) is 17.1 Å². The van der Waals surface area contributed by atoms with Gasteiger partial charge in [-0.2, -0.15) is 0 Å². The molecule has 0 bridgehead atoms. The van der Waals surface area contributed by atoms with Crippen LogP contribution >= 0.6 is 0 Å². The molecular formula is C67H73BN2. The number of aryl methyl sites for hydroxylation is 1. The maximum Gasteiger partial charge on any atom is 0.247 e. The highest BCUT2D eigenvalue weighted by Crippen LogP contribution is 2.68. The number of hydrogen-bond acceptors (Lipinski definition) is 2. The molecule has 2 aliphatic heterocycles. The van der Waals surface area contributed by atoms with Gasteiger partial charge in [0.2, 0.25) is 6.71 Å². The lowest BCUT2D eigenvalue weighted by atomic mass is 9.30. The van der Waals surface area contributed by atoms with Crippen LogP contribution in [0, 0.1) is 12.3 Å². The Kier molecular flexibility index (Phi) is 9.64. The first-order chi connectivity index (χ1) is 33.0. The van der Waals surface area contributed by atoms with E-state index in [2.05, 4.69) is 240 Å². The average molecular weight is 917 g/mol. The van der Waals surface area contributed by atoms with Crippen molar-refractivity contribution in [3.8, 4) is 11.1 Å². The van der Waals surface area contributed by atoms with E-state index >= 15 is 0 Å². The Balaban J connectivity index is 1.15. The van der Waals surface area contributed by atoms with E-state index in [1.54, 1.807) is 22.2 Å². The molecule has 2 nitrogen and oxygen atoms in total. The Labute approximate surface area is 420 Å². The van der Waals surface area contributed by atoms with Gasteiger partial charge < -0.3 is 9.80 Å². The first kappa shape index (κ1) is 45.4.